The number of carbonyl (C=O) groups excluding carboxylic acids is 1. The lowest BCUT2D eigenvalue weighted by molar-refractivity contribution is -0.121. The summed E-state index contributed by atoms with van der Waals surface area (Å²) in [5.74, 6) is -2.29. The van der Waals surface area contributed by atoms with Crippen molar-refractivity contribution in [3.05, 3.63) is 48.0 Å². The molecule has 1 aliphatic rings. The third kappa shape index (κ3) is 4.39. The Labute approximate surface area is 173 Å². The van der Waals surface area contributed by atoms with Crippen molar-refractivity contribution < 1.29 is 31.5 Å². The van der Waals surface area contributed by atoms with E-state index in [2.05, 4.69) is 5.32 Å². The van der Waals surface area contributed by atoms with Crippen LogP contribution >= 0.6 is 0 Å². The molecule has 3 rings (SSSR count). The van der Waals surface area contributed by atoms with Gasteiger partial charge in [0, 0.05) is 25.1 Å². The minimum atomic E-state index is -3.88. The van der Waals surface area contributed by atoms with Crippen LogP contribution in [-0.2, 0) is 14.8 Å². The molecular formula is C20H22F2N2O5S. The van der Waals surface area contributed by atoms with Crippen molar-refractivity contribution in [1.82, 2.24) is 4.31 Å². The number of amides is 1. The van der Waals surface area contributed by atoms with E-state index in [4.69, 9.17) is 9.47 Å². The topological polar surface area (TPSA) is 84.9 Å². The van der Waals surface area contributed by atoms with E-state index in [1.54, 1.807) is 6.07 Å². The number of sulfonamides is 1. The fourth-order valence-electron chi connectivity index (χ4n) is 3.33. The van der Waals surface area contributed by atoms with Crippen molar-refractivity contribution in [2.24, 2.45) is 5.92 Å². The number of hydrogen-bond acceptors (Lipinski definition) is 5. The number of rotatable bonds is 6. The number of hydrogen-bond donors (Lipinski definition) is 1. The molecular weight excluding hydrogens is 418 g/mol. The molecule has 7 nitrogen and oxygen atoms in total. The van der Waals surface area contributed by atoms with Gasteiger partial charge in [-0.15, -0.1) is 0 Å². The lowest BCUT2D eigenvalue weighted by atomic mass is 9.97. The standard InChI is InChI=1S/C20H22F2N2O5S/c1-28-14-6-7-17(29-2)18(12-14)30(26,27)24-10-8-13(9-11-24)20(25)23-19-15(21)4-3-5-16(19)22/h3-7,12-13H,8-11H2,1-2H3,(H,23,25). The zero-order valence-corrected chi connectivity index (χ0v) is 17.3. The van der Waals surface area contributed by atoms with Crippen LogP contribution in [0.2, 0.25) is 0 Å². The fraction of sp³-hybridized carbons (Fsp3) is 0.350. The SMILES string of the molecule is COc1ccc(OC)c(S(=O)(=O)N2CCC(C(=O)Nc3c(F)cccc3F)CC2)c1. The van der Waals surface area contributed by atoms with Gasteiger partial charge in [-0.05, 0) is 37.1 Å². The van der Waals surface area contributed by atoms with Crippen molar-refractivity contribution in [2.45, 2.75) is 17.7 Å². The summed E-state index contributed by atoms with van der Waals surface area (Å²) in [6.45, 7) is 0.168. The molecule has 162 valence electrons. The van der Waals surface area contributed by atoms with Gasteiger partial charge in [0.15, 0.2) is 0 Å². The van der Waals surface area contributed by atoms with Gasteiger partial charge in [-0.2, -0.15) is 4.31 Å². The molecule has 2 aromatic carbocycles. The Morgan fingerprint density at radius 2 is 1.70 bits per heavy atom. The van der Waals surface area contributed by atoms with Crippen LogP contribution in [0.3, 0.4) is 0 Å². The summed E-state index contributed by atoms with van der Waals surface area (Å²) in [6.07, 6.45) is 0.431. The summed E-state index contributed by atoms with van der Waals surface area (Å²) < 4.78 is 65.2. The van der Waals surface area contributed by atoms with Crippen molar-refractivity contribution in [1.29, 1.82) is 0 Å². The second kappa shape index (κ2) is 8.97. The van der Waals surface area contributed by atoms with Crippen LogP contribution in [-0.4, -0.2) is 45.9 Å². The summed E-state index contributed by atoms with van der Waals surface area (Å²) in [7, 11) is -1.08. The molecule has 1 saturated heterocycles. The molecule has 1 N–H and O–H groups in total. The Bertz CT molecular complexity index is 1020. The molecule has 0 radical (unpaired) electrons. The zero-order valence-electron chi connectivity index (χ0n) is 16.5. The van der Waals surface area contributed by atoms with E-state index in [1.807, 2.05) is 0 Å². The van der Waals surface area contributed by atoms with Crippen molar-refractivity contribution in [3.63, 3.8) is 0 Å². The van der Waals surface area contributed by atoms with Gasteiger partial charge in [0.2, 0.25) is 15.9 Å². The molecule has 0 atom stereocenters. The van der Waals surface area contributed by atoms with E-state index >= 15 is 0 Å². The summed E-state index contributed by atoms with van der Waals surface area (Å²) in [5.41, 5.74) is -0.501. The number of methoxy groups -OCH3 is 2. The highest BCUT2D eigenvalue weighted by molar-refractivity contribution is 7.89. The molecule has 0 unspecified atom stereocenters. The summed E-state index contributed by atoms with van der Waals surface area (Å²) >= 11 is 0. The van der Waals surface area contributed by atoms with Crippen LogP contribution < -0.4 is 14.8 Å². The van der Waals surface area contributed by atoms with E-state index in [1.165, 1.54) is 36.7 Å². The molecule has 1 fully saturated rings. The van der Waals surface area contributed by atoms with E-state index in [-0.39, 0.29) is 36.6 Å². The largest absolute Gasteiger partial charge is 0.497 e. The van der Waals surface area contributed by atoms with Gasteiger partial charge in [0.05, 0.1) is 14.2 Å². The van der Waals surface area contributed by atoms with E-state index in [9.17, 15) is 22.0 Å². The molecule has 1 amide bonds. The number of nitrogens with one attached hydrogen (secondary N) is 1. The predicted octanol–water partition coefficient (Wildman–Crippen LogP) is 3.02. The number of ether oxygens (including phenoxy) is 2. The highest BCUT2D eigenvalue weighted by Gasteiger charge is 2.34. The first kappa shape index (κ1) is 22.0. The van der Waals surface area contributed by atoms with Gasteiger partial charge in [-0.25, -0.2) is 17.2 Å². The normalized spacial score (nSPS) is 15.6. The van der Waals surface area contributed by atoms with Crippen LogP contribution in [0.15, 0.2) is 41.3 Å². The summed E-state index contributed by atoms with van der Waals surface area (Å²) in [5, 5.41) is 2.27. The number of benzene rings is 2. The van der Waals surface area contributed by atoms with E-state index < -0.39 is 39.2 Å². The van der Waals surface area contributed by atoms with Gasteiger partial charge in [-0.1, -0.05) is 6.07 Å². The maximum atomic E-state index is 13.8. The molecule has 1 heterocycles. The minimum absolute atomic E-state index is 0.0271. The maximum absolute atomic E-state index is 13.8. The van der Waals surface area contributed by atoms with Gasteiger partial charge in [-0.3, -0.25) is 4.79 Å². The second-order valence-corrected chi connectivity index (χ2v) is 8.69. The first-order valence-electron chi connectivity index (χ1n) is 9.25. The number of carbonyl (C=O) groups is 1. The Hall–Kier alpha value is -2.72. The predicted molar refractivity (Wildman–Crippen MR) is 106 cm³/mol. The van der Waals surface area contributed by atoms with Crippen LogP contribution in [0.4, 0.5) is 14.5 Å². The second-order valence-electron chi connectivity index (χ2n) is 6.78. The lowest BCUT2D eigenvalue weighted by Gasteiger charge is -2.31. The smallest absolute Gasteiger partial charge is 0.246 e. The number of piperidine rings is 1. The number of anilines is 1. The zero-order chi connectivity index (χ0) is 21.9. The van der Waals surface area contributed by atoms with Gasteiger partial charge in [0.25, 0.3) is 0 Å². The first-order chi connectivity index (χ1) is 14.3. The monoisotopic (exact) mass is 440 g/mol. The van der Waals surface area contributed by atoms with Crippen molar-refractivity contribution >= 4 is 21.6 Å². The summed E-state index contributed by atoms with van der Waals surface area (Å²) in [4.78, 5) is 12.4. The number of para-hydroxylation sites is 1. The highest BCUT2D eigenvalue weighted by Crippen LogP contribution is 2.33. The molecule has 0 aliphatic carbocycles. The number of halogens is 2. The first-order valence-corrected chi connectivity index (χ1v) is 10.7. The Morgan fingerprint density at radius 3 is 2.27 bits per heavy atom. The summed E-state index contributed by atoms with van der Waals surface area (Å²) in [6, 6.07) is 7.79. The van der Waals surface area contributed by atoms with E-state index in [0.29, 0.717) is 5.75 Å². The molecule has 0 aromatic heterocycles. The third-order valence-electron chi connectivity index (χ3n) is 5.02. The van der Waals surface area contributed by atoms with Gasteiger partial charge < -0.3 is 14.8 Å². The maximum Gasteiger partial charge on any atom is 0.246 e. The van der Waals surface area contributed by atoms with Crippen LogP contribution in [0.5, 0.6) is 11.5 Å². The molecule has 30 heavy (non-hydrogen) atoms. The van der Waals surface area contributed by atoms with Crippen molar-refractivity contribution in [2.75, 3.05) is 32.6 Å². The molecule has 2 aromatic rings. The Morgan fingerprint density at radius 1 is 1.07 bits per heavy atom. The molecule has 1 aliphatic heterocycles. The molecule has 0 saturated carbocycles. The quantitative estimate of drug-likeness (QED) is 0.747. The molecule has 10 heteroatoms. The molecule has 0 bridgehead atoms. The fourth-order valence-corrected chi connectivity index (χ4v) is 4.97. The average molecular weight is 440 g/mol. The average Bonchev–Trinajstić information content (AvgIpc) is 2.75. The highest BCUT2D eigenvalue weighted by atomic mass is 32.2. The van der Waals surface area contributed by atoms with Crippen molar-refractivity contribution in [3.8, 4) is 11.5 Å². The minimum Gasteiger partial charge on any atom is -0.497 e. The lowest BCUT2D eigenvalue weighted by Crippen LogP contribution is -2.41. The van der Waals surface area contributed by atoms with E-state index in [0.717, 1.165) is 12.1 Å². The Balaban J connectivity index is 1.71. The van der Waals surface area contributed by atoms with Crippen LogP contribution in [0, 0.1) is 17.6 Å². The van der Waals surface area contributed by atoms with Crippen LogP contribution in [0.1, 0.15) is 12.8 Å². The number of nitrogens with zero attached hydrogens (tertiary/aromatic N) is 1. The third-order valence-corrected chi connectivity index (χ3v) is 6.94. The van der Waals surface area contributed by atoms with Crippen LogP contribution in [0.25, 0.3) is 0 Å². The molecule has 0 spiro atoms. The Kier molecular flexibility index (Phi) is 6.57. The van der Waals surface area contributed by atoms with Gasteiger partial charge >= 0.3 is 0 Å². The van der Waals surface area contributed by atoms with Gasteiger partial charge in [0.1, 0.15) is 33.7 Å².